The van der Waals surface area contributed by atoms with Gasteiger partial charge in [-0.05, 0) is 105 Å². The second-order valence-electron chi connectivity index (χ2n) is 13.5. The third-order valence-corrected chi connectivity index (χ3v) is 10.2. The lowest BCUT2D eigenvalue weighted by atomic mass is 9.98. The summed E-state index contributed by atoms with van der Waals surface area (Å²) in [4.78, 5) is 1.76. The van der Waals surface area contributed by atoms with Gasteiger partial charge in [-0.25, -0.2) is 0 Å². The molecule has 1 aromatic heterocycles. The highest BCUT2D eigenvalue weighted by Gasteiger charge is 2.18. The Hall–Kier alpha value is -7.16. The Kier molecular flexibility index (Phi) is 6.84. The van der Waals surface area contributed by atoms with Gasteiger partial charge in [0.1, 0.15) is 0 Å². The van der Waals surface area contributed by atoms with Crippen LogP contribution >= 0.6 is 0 Å². The van der Waals surface area contributed by atoms with Gasteiger partial charge >= 0.3 is 0 Å². The molecule has 0 unspecified atom stereocenters. The lowest BCUT2D eigenvalue weighted by Crippen LogP contribution is -2.10. The standard InChI is InChI=1S/C52H36N2/c1-3-13-37(14-4-1)40-25-30-44(31-26-40)53(45-32-27-41(28-33-45)38-15-5-2-6-16-38)46-20-11-19-43(36-46)48-22-12-24-51-52(48)49-21-9-10-23-50(49)54(51)47-34-29-39-17-7-8-18-42(39)35-47/h1-36H/i30D,31D,32D,33D. The van der Waals surface area contributed by atoms with Gasteiger partial charge in [-0.15, -0.1) is 0 Å². The molecule has 0 saturated heterocycles. The minimum absolute atomic E-state index is 0.128. The first-order chi connectivity index (χ1) is 28.4. The minimum atomic E-state index is 0.128. The van der Waals surface area contributed by atoms with E-state index in [0.29, 0.717) is 17.1 Å². The van der Waals surface area contributed by atoms with Crippen molar-refractivity contribution in [3.05, 3.63) is 218 Å². The summed E-state index contributed by atoms with van der Waals surface area (Å²) in [6.07, 6.45) is 0. The molecule has 9 aromatic carbocycles. The van der Waals surface area contributed by atoms with E-state index in [1.165, 1.54) is 10.8 Å². The zero-order chi connectivity index (χ0) is 39.3. The first kappa shape index (κ1) is 27.5. The monoisotopic (exact) mass is 692 g/mol. The fourth-order valence-electron chi connectivity index (χ4n) is 7.64. The Bertz CT molecular complexity index is 3030. The first-order valence-electron chi connectivity index (χ1n) is 20.2. The molecule has 54 heavy (non-hydrogen) atoms. The second kappa shape index (κ2) is 13.4. The van der Waals surface area contributed by atoms with Crippen molar-refractivity contribution in [1.82, 2.24) is 4.57 Å². The van der Waals surface area contributed by atoms with Crippen molar-refractivity contribution >= 4 is 49.6 Å². The Balaban J connectivity index is 1.18. The fourth-order valence-corrected chi connectivity index (χ4v) is 7.64. The zero-order valence-corrected chi connectivity index (χ0v) is 29.4. The number of rotatable bonds is 7. The molecule has 0 fully saturated rings. The van der Waals surface area contributed by atoms with E-state index < -0.39 is 0 Å². The lowest BCUT2D eigenvalue weighted by Gasteiger charge is -2.26. The summed E-state index contributed by atoms with van der Waals surface area (Å²) in [6, 6.07) is 65.2. The number of para-hydroxylation sites is 1. The van der Waals surface area contributed by atoms with Crippen molar-refractivity contribution < 1.29 is 5.48 Å². The summed E-state index contributed by atoms with van der Waals surface area (Å²) >= 11 is 0. The molecule has 0 aliphatic carbocycles. The number of fused-ring (bicyclic) bond motifs is 4. The largest absolute Gasteiger partial charge is 0.310 e. The van der Waals surface area contributed by atoms with E-state index >= 15 is 0 Å². The van der Waals surface area contributed by atoms with Crippen LogP contribution in [0.2, 0.25) is 0 Å². The molecule has 10 rings (SSSR count). The van der Waals surface area contributed by atoms with Crippen LogP contribution < -0.4 is 4.90 Å². The Labute approximate surface area is 321 Å². The molecular weight excluding hydrogens is 653 g/mol. The minimum Gasteiger partial charge on any atom is -0.310 e. The van der Waals surface area contributed by atoms with Crippen molar-refractivity contribution in [3.63, 3.8) is 0 Å². The number of nitrogens with zero attached hydrogens (tertiary/aromatic N) is 2. The molecule has 2 heteroatoms. The van der Waals surface area contributed by atoms with Gasteiger partial charge in [0.05, 0.1) is 16.5 Å². The van der Waals surface area contributed by atoms with Crippen LogP contribution in [0.4, 0.5) is 17.1 Å². The molecule has 0 amide bonds. The van der Waals surface area contributed by atoms with E-state index in [4.69, 9.17) is 0 Å². The summed E-state index contributed by atoms with van der Waals surface area (Å²) in [5, 5.41) is 4.60. The van der Waals surface area contributed by atoms with Gasteiger partial charge in [-0.1, -0.05) is 158 Å². The summed E-state index contributed by atoms with van der Waals surface area (Å²) in [6.45, 7) is 0. The molecule has 10 aromatic rings. The average Bonchev–Trinajstić information content (AvgIpc) is 3.60. The Morgan fingerprint density at radius 1 is 0.370 bits per heavy atom. The van der Waals surface area contributed by atoms with Crippen LogP contribution in [-0.2, 0) is 0 Å². The van der Waals surface area contributed by atoms with Crippen LogP contribution in [0.25, 0.3) is 71.6 Å². The topological polar surface area (TPSA) is 8.17 Å². The SMILES string of the molecule is [2H]c1cc(-c2ccccc2)cc([2H])c1N(c1cccc(-c2cccc3c2c2ccccc2n3-c2ccc3ccccc3c2)c1)c1c([2H])cc(-c2ccccc2)cc1[2H]. The summed E-state index contributed by atoms with van der Waals surface area (Å²) in [5.74, 6) is 0. The van der Waals surface area contributed by atoms with Crippen LogP contribution in [0.1, 0.15) is 5.48 Å². The summed E-state index contributed by atoms with van der Waals surface area (Å²) in [7, 11) is 0. The summed E-state index contributed by atoms with van der Waals surface area (Å²) in [5.41, 5.74) is 9.83. The maximum Gasteiger partial charge on any atom is 0.0645 e. The molecule has 0 N–H and O–H groups in total. The fraction of sp³-hybridized carbons (Fsp3) is 0. The van der Waals surface area contributed by atoms with E-state index in [-0.39, 0.29) is 24.2 Å². The third kappa shape index (κ3) is 5.62. The van der Waals surface area contributed by atoms with Crippen molar-refractivity contribution in [2.75, 3.05) is 4.90 Å². The molecular formula is C52H36N2. The molecule has 0 atom stereocenters. The molecule has 0 spiro atoms. The maximum absolute atomic E-state index is 9.41. The van der Waals surface area contributed by atoms with E-state index in [2.05, 4.69) is 102 Å². The molecule has 0 aliphatic heterocycles. The number of aromatic nitrogens is 1. The van der Waals surface area contributed by atoms with Crippen molar-refractivity contribution in [2.24, 2.45) is 0 Å². The van der Waals surface area contributed by atoms with Crippen molar-refractivity contribution in [3.8, 4) is 39.1 Å². The molecule has 0 bridgehead atoms. The van der Waals surface area contributed by atoms with Crippen molar-refractivity contribution in [2.45, 2.75) is 0 Å². The number of hydrogen-bond donors (Lipinski definition) is 0. The molecule has 0 saturated carbocycles. The number of benzene rings is 9. The predicted octanol–water partition coefficient (Wildman–Crippen LogP) is 14.4. The highest BCUT2D eigenvalue weighted by Crippen LogP contribution is 2.42. The predicted molar refractivity (Wildman–Crippen MR) is 229 cm³/mol. The smallest absolute Gasteiger partial charge is 0.0645 e. The Morgan fingerprint density at radius 2 is 0.907 bits per heavy atom. The van der Waals surface area contributed by atoms with E-state index in [9.17, 15) is 5.48 Å². The second-order valence-corrected chi connectivity index (χ2v) is 13.5. The quantitative estimate of drug-likeness (QED) is 0.161. The lowest BCUT2D eigenvalue weighted by molar-refractivity contribution is 1.19. The molecule has 2 nitrogen and oxygen atoms in total. The van der Waals surface area contributed by atoms with E-state index in [1.54, 1.807) is 29.2 Å². The Morgan fingerprint density at radius 3 is 1.59 bits per heavy atom. The van der Waals surface area contributed by atoms with Gasteiger partial charge in [0.2, 0.25) is 0 Å². The third-order valence-electron chi connectivity index (χ3n) is 10.2. The molecule has 1 heterocycles. The number of hydrogen-bond acceptors (Lipinski definition) is 1. The molecule has 254 valence electrons. The van der Waals surface area contributed by atoms with Gasteiger partial charge in [0.25, 0.3) is 0 Å². The highest BCUT2D eigenvalue weighted by molar-refractivity contribution is 6.16. The maximum atomic E-state index is 9.41. The highest BCUT2D eigenvalue weighted by atomic mass is 15.1. The average molecular weight is 693 g/mol. The summed E-state index contributed by atoms with van der Waals surface area (Å²) < 4.78 is 40.0. The van der Waals surface area contributed by atoms with Gasteiger partial charge in [0.15, 0.2) is 0 Å². The van der Waals surface area contributed by atoms with Gasteiger partial charge in [-0.3, -0.25) is 0 Å². The van der Waals surface area contributed by atoms with Crippen LogP contribution in [0, 0.1) is 0 Å². The van der Waals surface area contributed by atoms with E-state index in [1.807, 2.05) is 72.8 Å². The van der Waals surface area contributed by atoms with Crippen LogP contribution in [-0.4, -0.2) is 4.57 Å². The van der Waals surface area contributed by atoms with Gasteiger partial charge in [0, 0.05) is 33.5 Å². The molecule has 0 radical (unpaired) electrons. The van der Waals surface area contributed by atoms with Crippen LogP contribution in [0.5, 0.6) is 0 Å². The normalized spacial score (nSPS) is 12.4. The number of anilines is 3. The first-order valence-corrected chi connectivity index (χ1v) is 18.2. The zero-order valence-electron chi connectivity index (χ0n) is 33.4. The van der Waals surface area contributed by atoms with Crippen LogP contribution in [0.3, 0.4) is 0 Å². The van der Waals surface area contributed by atoms with Gasteiger partial charge < -0.3 is 9.47 Å². The van der Waals surface area contributed by atoms with Crippen LogP contribution in [0.15, 0.2) is 218 Å². The van der Waals surface area contributed by atoms with E-state index in [0.717, 1.165) is 60.9 Å². The molecule has 0 aliphatic rings. The van der Waals surface area contributed by atoms with Crippen molar-refractivity contribution in [1.29, 1.82) is 0 Å². The van der Waals surface area contributed by atoms with Gasteiger partial charge in [-0.2, -0.15) is 0 Å².